The predicted molar refractivity (Wildman–Crippen MR) is 72.7 cm³/mol. The monoisotopic (exact) mass is 285 g/mol. The molecule has 0 saturated heterocycles. The van der Waals surface area contributed by atoms with Crippen molar-refractivity contribution in [2.45, 2.75) is 13.3 Å². The van der Waals surface area contributed by atoms with Crippen LogP contribution in [-0.2, 0) is 9.53 Å². The van der Waals surface area contributed by atoms with Crippen molar-refractivity contribution in [3.8, 4) is 0 Å². The van der Waals surface area contributed by atoms with Crippen LogP contribution in [0.2, 0.25) is 5.02 Å². The summed E-state index contributed by atoms with van der Waals surface area (Å²) in [5.41, 5.74) is 0.483. The summed E-state index contributed by atoms with van der Waals surface area (Å²) >= 11 is 5.91. The highest BCUT2D eigenvalue weighted by Crippen LogP contribution is 2.23. The quantitative estimate of drug-likeness (QED) is 0.842. The summed E-state index contributed by atoms with van der Waals surface area (Å²) in [6, 6.07) is 4.17. The highest BCUT2D eigenvalue weighted by molar-refractivity contribution is 6.34. The Bertz CT molecular complexity index is 476. The van der Waals surface area contributed by atoms with Gasteiger partial charge in [0.15, 0.2) is 0 Å². The molecule has 2 N–H and O–H groups in total. The molecule has 1 rings (SSSR count). The second kappa shape index (κ2) is 7.11. The Morgan fingerprint density at radius 1 is 1.47 bits per heavy atom. The average molecular weight is 286 g/mol. The van der Waals surface area contributed by atoms with Crippen LogP contribution in [0.1, 0.15) is 23.7 Å². The van der Waals surface area contributed by atoms with Gasteiger partial charge in [-0.2, -0.15) is 0 Å². The van der Waals surface area contributed by atoms with Gasteiger partial charge in [-0.1, -0.05) is 18.5 Å². The maximum Gasteiger partial charge on any atom is 0.335 e. The molecule has 104 valence electrons. The van der Waals surface area contributed by atoms with Crippen molar-refractivity contribution < 1.29 is 19.4 Å². The van der Waals surface area contributed by atoms with Gasteiger partial charge in [0.1, 0.15) is 0 Å². The standard InChI is InChI=1S/C13H16ClNO4/c1-8(7-19-2)5-12(16)15-11-4-3-9(13(17)18)6-10(11)14/h3-4,6,8H,5,7H2,1-2H3,(H,15,16)(H,17,18). The Morgan fingerprint density at radius 3 is 2.68 bits per heavy atom. The topological polar surface area (TPSA) is 75.6 Å². The van der Waals surface area contributed by atoms with Crippen LogP contribution in [0.3, 0.4) is 0 Å². The lowest BCUT2D eigenvalue weighted by Crippen LogP contribution is -2.17. The molecule has 0 aliphatic rings. The number of ether oxygens (including phenoxy) is 1. The van der Waals surface area contributed by atoms with Gasteiger partial charge in [-0.15, -0.1) is 0 Å². The minimum atomic E-state index is -1.06. The van der Waals surface area contributed by atoms with Crippen molar-refractivity contribution in [1.82, 2.24) is 0 Å². The second-order valence-electron chi connectivity index (χ2n) is 4.31. The summed E-state index contributed by atoms with van der Waals surface area (Å²) < 4.78 is 4.95. The van der Waals surface area contributed by atoms with Crippen LogP contribution in [0.4, 0.5) is 5.69 Å². The summed E-state index contributed by atoms with van der Waals surface area (Å²) in [7, 11) is 1.58. The molecule has 0 radical (unpaired) electrons. The first-order valence-corrected chi connectivity index (χ1v) is 6.13. The van der Waals surface area contributed by atoms with Gasteiger partial charge in [0.2, 0.25) is 5.91 Å². The van der Waals surface area contributed by atoms with E-state index in [1.807, 2.05) is 6.92 Å². The van der Waals surface area contributed by atoms with Crippen molar-refractivity contribution >= 4 is 29.2 Å². The molecular formula is C13H16ClNO4. The summed E-state index contributed by atoms with van der Waals surface area (Å²) in [4.78, 5) is 22.5. The fourth-order valence-corrected chi connectivity index (χ4v) is 1.84. The van der Waals surface area contributed by atoms with Crippen LogP contribution >= 0.6 is 11.6 Å². The predicted octanol–water partition coefficient (Wildman–Crippen LogP) is 2.65. The molecule has 0 saturated carbocycles. The third kappa shape index (κ3) is 4.89. The van der Waals surface area contributed by atoms with E-state index in [4.69, 9.17) is 21.4 Å². The summed E-state index contributed by atoms with van der Waals surface area (Å²) in [5, 5.41) is 11.6. The third-order valence-corrected chi connectivity index (χ3v) is 2.79. The van der Waals surface area contributed by atoms with Crippen LogP contribution in [0, 0.1) is 5.92 Å². The molecule has 0 aliphatic carbocycles. The first-order valence-electron chi connectivity index (χ1n) is 5.75. The van der Waals surface area contributed by atoms with E-state index < -0.39 is 5.97 Å². The zero-order valence-corrected chi connectivity index (χ0v) is 11.5. The first kappa shape index (κ1) is 15.5. The van der Waals surface area contributed by atoms with Gasteiger partial charge in [-0.25, -0.2) is 4.79 Å². The fraction of sp³-hybridized carbons (Fsp3) is 0.385. The largest absolute Gasteiger partial charge is 0.478 e. The molecule has 6 heteroatoms. The maximum absolute atomic E-state index is 11.7. The van der Waals surface area contributed by atoms with Gasteiger partial charge in [0.25, 0.3) is 0 Å². The molecule has 5 nitrogen and oxygen atoms in total. The molecule has 0 fully saturated rings. The lowest BCUT2D eigenvalue weighted by Gasteiger charge is -2.11. The summed E-state index contributed by atoms with van der Waals surface area (Å²) in [6.45, 7) is 2.40. The van der Waals surface area contributed by atoms with Crippen LogP contribution in [-0.4, -0.2) is 30.7 Å². The number of nitrogens with one attached hydrogen (secondary N) is 1. The number of carbonyl (C=O) groups excluding carboxylic acids is 1. The van der Waals surface area contributed by atoms with Crippen LogP contribution in [0.5, 0.6) is 0 Å². The highest BCUT2D eigenvalue weighted by atomic mass is 35.5. The van der Waals surface area contributed by atoms with Gasteiger partial charge in [-0.05, 0) is 24.1 Å². The van der Waals surface area contributed by atoms with E-state index in [1.54, 1.807) is 7.11 Å². The molecule has 1 amide bonds. The van der Waals surface area contributed by atoms with E-state index in [0.717, 1.165) is 0 Å². The average Bonchev–Trinajstić information content (AvgIpc) is 2.31. The number of carbonyl (C=O) groups is 2. The van der Waals surface area contributed by atoms with Crippen LogP contribution in [0.15, 0.2) is 18.2 Å². The zero-order chi connectivity index (χ0) is 14.4. The molecule has 19 heavy (non-hydrogen) atoms. The summed E-state index contributed by atoms with van der Waals surface area (Å²) in [5.74, 6) is -1.15. The first-order chi connectivity index (χ1) is 8.93. The number of methoxy groups -OCH3 is 1. The third-order valence-electron chi connectivity index (χ3n) is 2.48. The molecule has 1 unspecified atom stereocenters. The molecule has 1 atom stereocenters. The van der Waals surface area contributed by atoms with Crippen molar-refractivity contribution in [3.63, 3.8) is 0 Å². The molecule has 0 aliphatic heterocycles. The van der Waals surface area contributed by atoms with Gasteiger partial charge in [0.05, 0.1) is 16.3 Å². The number of carboxylic acids is 1. The highest BCUT2D eigenvalue weighted by Gasteiger charge is 2.12. The van der Waals surface area contributed by atoms with E-state index in [2.05, 4.69) is 5.32 Å². The minimum Gasteiger partial charge on any atom is -0.478 e. The van der Waals surface area contributed by atoms with Gasteiger partial charge in [-0.3, -0.25) is 4.79 Å². The second-order valence-corrected chi connectivity index (χ2v) is 4.72. The van der Waals surface area contributed by atoms with E-state index in [1.165, 1.54) is 18.2 Å². The molecule has 0 bridgehead atoms. The Hall–Kier alpha value is -1.59. The minimum absolute atomic E-state index is 0.0794. The van der Waals surface area contributed by atoms with Gasteiger partial charge in [0, 0.05) is 20.1 Å². The van der Waals surface area contributed by atoms with Gasteiger partial charge < -0.3 is 15.2 Å². The Labute approximate surface area is 116 Å². The van der Waals surface area contributed by atoms with Crippen molar-refractivity contribution in [3.05, 3.63) is 28.8 Å². The van der Waals surface area contributed by atoms with Crippen molar-refractivity contribution in [1.29, 1.82) is 0 Å². The normalized spacial score (nSPS) is 11.9. The van der Waals surface area contributed by atoms with E-state index in [9.17, 15) is 9.59 Å². The lowest BCUT2D eigenvalue weighted by molar-refractivity contribution is -0.117. The zero-order valence-electron chi connectivity index (χ0n) is 10.8. The number of hydrogen-bond acceptors (Lipinski definition) is 3. The molecule has 0 spiro atoms. The Kier molecular flexibility index (Phi) is 5.79. The number of carboxylic acid groups (broad SMARTS) is 1. The van der Waals surface area contributed by atoms with Gasteiger partial charge >= 0.3 is 5.97 Å². The van der Waals surface area contributed by atoms with Crippen molar-refractivity contribution in [2.75, 3.05) is 19.0 Å². The Balaban J connectivity index is 2.67. The number of hydrogen-bond donors (Lipinski definition) is 2. The molecule has 1 aromatic rings. The van der Waals surface area contributed by atoms with E-state index in [-0.39, 0.29) is 22.4 Å². The summed E-state index contributed by atoms with van der Waals surface area (Å²) in [6.07, 6.45) is 0.310. The fourth-order valence-electron chi connectivity index (χ4n) is 1.61. The Morgan fingerprint density at radius 2 is 2.16 bits per heavy atom. The number of rotatable bonds is 6. The molecule has 1 aromatic carbocycles. The molecule has 0 aromatic heterocycles. The number of halogens is 1. The van der Waals surface area contributed by atoms with Crippen LogP contribution in [0.25, 0.3) is 0 Å². The van der Waals surface area contributed by atoms with Crippen molar-refractivity contribution in [2.24, 2.45) is 5.92 Å². The number of anilines is 1. The number of aromatic carboxylic acids is 1. The van der Waals surface area contributed by atoms with E-state index in [0.29, 0.717) is 18.7 Å². The number of amides is 1. The van der Waals surface area contributed by atoms with Crippen LogP contribution < -0.4 is 5.32 Å². The molecular weight excluding hydrogens is 270 g/mol. The number of benzene rings is 1. The van der Waals surface area contributed by atoms with E-state index >= 15 is 0 Å². The lowest BCUT2D eigenvalue weighted by atomic mass is 10.1. The molecule has 0 heterocycles. The smallest absolute Gasteiger partial charge is 0.335 e. The SMILES string of the molecule is COCC(C)CC(=O)Nc1ccc(C(=O)O)cc1Cl. The maximum atomic E-state index is 11.7.